The summed E-state index contributed by atoms with van der Waals surface area (Å²) in [6.45, 7) is 1.48. The van der Waals surface area contributed by atoms with E-state index in [0.717, 1.165) is 6.07 Å². The van der Waals surface area contributed by atoms with Gasteiger partial charge in [0, 0.05) is 11.6 Å². The molecule has 0 fully saturated rings. The molecule has 12 heavy (non-hydrogen) atoms. The van der Waals surface area contributed by atoms with E-state index in [4.69, 9.17) is 14.9 Å². The molecule has 0 aliphatic rings. The maximum absolute atomic E-state index is 9.31. The van der Waals surface area contributed by atoms with Crippen molar-refractivity contribution in [2.24, 2.45) is 0 Å². The van der Waals surface area contributed by atoms with Gasteiger partial charge in [-0.15, -0.1) is 0 Å². The largest absolute Gasteiger partial charge is 0.504 e. The molecule has 3 N–H and O–H groups in total. The summed E-state index contributed by atoms with van der Waals surface area (Å²) in [4.78, 5) is 0. The first-order chi connectivity index (χ1) is 5.57. The molecule has 4 heteroatoms. The smallest absolute Gasteiger partial charge is 0.164 e. The fraction of sp³-hybridized carbons (Fsp3) is 0.250. The summed E-state index contributed by atoms with van der Waals surface area (Å²) >= 11 is 0. The first-order valence-electron chi connectivity index (χ1n) is 3.36. The molecule has 1 aromatic rings. The molecule has 0 amide bonds. The number of benzene rings is 1. The highest BCUT2D eigenvalue weighted by Crippen LogP contribution is 2.41. The standard InChI is InChI=1S/C8H10O4/c1-4-7(10)5(9)3-6(12-2)8(4)11/h3,9-11H,1-2H3. The average molecular weight is 170 g/mol. The quantitative estimate of drug-likeness (QED) is 0.436. The van der Waals surface area contributed by atoms with Crippen LogP contribution in [0.3, 0.4) is 0 Å². The zero-order chi connectivity index (χ0) is 9.30. The number of hydrogen-bond acceptors (Lipinski definition) is 4. The molecule has 4 nitrogen and oxygen atoms in total. The SMILES string of the molecule is COc1cc(O)c(O)c(C)c1O. The highest BCUT2D eigenvalue weighted by molar-refractivity contribution is 5.58. The van der Waals surface area contributed by atoms with E-state index in [2.05, 4.69) is 0 Å². The molecule has 0 bridgehead atoms. The third kappa shape index (κ3) is 1.11. The third-order valence-corrected chi connectivity index (χ3v) is 1.67. The lowest BCUT2D eigenvalue weighted by Crippen LogP contribution is -1.86. The molecule has 1 rings (SSSR count). The Labute approximate surface area is 69.7 Å². The molecule has 0 heterocycles. The van der Waals surface area contributed by atoms with Crippen molar-refractivity contribution in [3.8, 4) is 23.0 Å². The van der Waals surface area contributed by atoms with Crippen LogP contribution >= 0.6 is 0 Å². The molecule has 0 saturated carbocycles. The number of phenols is 3. The predicted octanol–water partition coefficient (Wildman–Crippen LogP) is 1.12. The van der Waals surface area contributed by atoms with E-state index in [1.165, 1.54) is 14.0 Å². The molecule has 0 spiro atoms. The molecule has 0 unspecified atom stereocenters. The minimum atomic E-state index is -0.326. The van der Waals surface area contributed by atoms with Gasteiger partial charge < -0.3 is 20.1 Å². The summed E-state index contributed by atoms with van der Waals surface area (Å²) in [5, 5.41) is 27.5. The molecule has 1 aromatic carbocycles. The molecule has 0 aromatic heterocycles. The molecular weight excluding hydrogens is 160 g/mol. The van der Waals surface area contributed by atoms with Gasteiger partial charge in [-0.1, -0.05) is 0 Å². The van der Waals surface area contributed by atoms with Crippen LogP contribution in [0.4, 0.5) is 0 Å². The first kappa shape index (κ1) is 8.52. The number of ether oxygens (including phenoxy) is 1. The van der Waals surface area contributed by atoms with Crippen LogP contribution < -0.4 is 4.74 Å². The first-order valence-corrected chi connectivity index (χ1v) is 3.36. The van der Waals surface area contributed by atoms with Gasteiger partial charge in [0.25, 0.3) is 0 Å². The van der Waals surface area contributed by atoms with Gasteiger partial charge in [0.1, 0.15) is 0 Å². The van der Waals surface area contributed by atoms with Crippen LogP contribution in [-0.4, -0.2) is 22.4 Å². The van der Waals surface area contributed by atoms with Crippen LogP contribution in [0.2, 0.25) is 0 Å². The van der Waals surface area contributed by atoms with E-state index >= 15 is 0 Å². The zero-order valence-electron chi connectivity index (χ0n) is 6.83. The van der Waals surface area contributed by atoms with Gasteiger partial charge in [0.15, 0.2) is 23.0 Å². The maximum atomic E-state index is 9.31. The van der Waals surface area contributed by atoms with Gasteiger partial charge in [-0.2, -0.15) is 0 Å². The van der Waals surface area contributed by atoms with E-state index in [0.29, 0.717) is 0 Å². The van der Waals surface area contributed by atoms with Crippen molar-refractivity contribution in [1.82, 2.24) is 0 Å². The van der Waals surface area contributed by atoms with Crippen molar-refractivity contribution in [3.05, 3.63) is 11.6 Å². The predicted molar refractivity (Wildman–Crippen MR) is 42.7 cm³/mol. The molecule has 0 aliphatic heterocycles. The summed E-state index contributed by atoms with van der Waals surface area (Å²) in [6.07, 6.45) is 0. The summed E-state index contributed by atoms with van der Waals surface area (Å²) in [6, 6.07) is 1.15. The van der Waals surface area contributed by atoms with Crippen molar-refractivity contribution in [1.29, 1.82) is 0 Å². The Morgan fingerprint density at radius 2 is 1.75 bits per heavy atom. The van der Waals surface area contributed by atoms with Crippen LogP contribution in [0, 0.1) is 6.92 Å². The molecular formula is C8H10O4. The number of phenolic OH excluding ortho intramolecular Hbond substituents is 3. The van der Waals surface area contributed by atoms with Crippen LogP contribution in [0.25, 0.3) is 0 Å². The second-order valence-corrected chi connectivity index (χ2v) is 2.42. The van der Waals surface area contributed by atoms with Gasteiger partial charge in [-0.05, 0) is 6.92 Å². The monoisotopic (exact) mass is 170 g/mol. The van der Waals surface area contributed by atoms with Crippen molar-refractivity contribution in [3.63, 3.8) is 0 Å². The van der Waals surface area contributed by atoms with Gasteiger partial charge >= 0.3 is 0 Å². The van der Waals surface area contributed by atoms with Crippen LogP contribution in [0.15, 0.2) is 6.07 Å². The third-order valence-electron chi connectivity index (χ3n) is 1.67. The van der Waals surface area contributed by atoms with E-state index in [9.17, 15) is 5.11 Å². The van der Waals surface area contributed by atoms with E-state index in [-0.39, 0.29) is 28.6 Å². The van der Waals surface area contributed by atoms with Crippen LogP contribution in [0.5, 0.6) is 23.0 Å². The minimum Gasteiger partial charge on any atom is -0.504 e. The fourth-order valence-corrected chi connectivity index (χ4v) is 0.906. The minimum absolute atomic E-state index is 0.141. The van der Waals surface area contributed by atoms with Crippen molar-refractivity contribution >= 4 is 0 Å². The Morgan fingerprint density at radius 1 is 1.17 bits per heavy atom. The molecule has 0 atom stereocenters. The normalized spacial score (nSPS) is 9.83. The zero-order valence-corrected chi connectivity index (χ0v) is 6.83. The molecule has 66 valence electrons. The molecule has 0 saturated heterocycles. The maximum Gasteiger partial charge on any atom is 0.164 e. The number of aromatic hydroxyl groups is 3. The van der Waals surface area contributed by atoms with Crippen LogP contribution in [-0.2, 0) is 0 Å². The van der Waals surface area contributed by atoms with Crippen molar-refractivity contribution in [2.45, 2.75) is 6.92 Å². The number of hydrogen-bond donors (Lipinski definition) is 3. The number of rotatable bonds is 1. The molecule has 0 radical (unpaired) electrons. The fourth-order valence-electron chi connectivity index (χ4n) is 0.906. The highest BCUT2D eigenvalue weighted by Gasteiger charge is 2.13. The van der Waals surface area contributed by atoms with E-state index in [1.807, 2.05) is 0 Å². The van der Waals surface area contributed by atoms with Crippen LogP contribution in [0.1, 0.15) is 5.56 Å². The van der Waals surface area contributed by atoms with Gasteiger partial charge in [0.05, 0.1) is 7.11 Å². The van der Waals surface area contributed by atoms with Gasteiger partial charge in [-0.3, -0.25) is 0 Å². The lowest BCUT2D eigenvalue weighted by molar-refractivity contribution is 0.353. The van der Waals surface area contributed by atoms with Crippen molar-refractivity contribution < 1.29 is 20.1 Å². The summed E-state index contributed by atoms with van der Waals surface area (Å²) < 4.78 is 4.74. The summed E-state index contributed by atoms with van der Waals surface area (Å²) in [7, 11) is 1.37. The summed E-state index contributed by atoms with van der Waals surface area (Å²) in [5.41, 5.74) is 0.201. The Balaban J connectivity index is 3.39. The summed E-state index contributed by atoms with van der Waals surface area (Å²) in [5.74, 6) is -0.647. The lowest BCUT2D eigenvalue weighted by Gasteiger charge is -2.08. The Kier molecular flexibility index (Phi) is 1.99. The Morgan fingerprint density at radius 3 is 2.25 bits per heavy atom. The topological polar surface area (TPSA) is 69.9 Å². The van der Waals surface area contributed by atoms with E-state index < -0.39 is 0 Å². The second kappa shape index (κ2) is 2.81. The Hall–Kier alpha value is -1.58. The molecule has 0 aliphatic carbocycles. The van der Waals surface area contributed by atoms with Crippen molar-refractivity contribution in [2.75, 3.05) is 7.11 Å². The lowest BCUT2D eigenvalue weighted by atomic mass is 10.1. The second-order valence-electron chi connectivity index (χ2n) is 2.42. The average Bonchev–Trinajstić information content (AvgIpc) is 2.08. The van der Waals surface area contributed by atoms with E-state index in [1.54, 1.807) is 0 Å². The van der Waals surface area contributed by atoms with Gasteiger partial charge in [-0.25, -0.2) is 0 Å². The Bertz CT molecular complexity index is 306. The van der Waals surface area contributed by atoms with Gasteiger partial charge in [0.2, 0.25) is 0 Å². The number of methoxy groups -OCH3 is 1. The highest BCUT2D eigenvalue weighted by atomic mass is 16.5.